The van der Waals surface area contributed by atoms with Crippen molar-refractivity contribution >= 4 is 18.4 Å². The van der Waals surface area contributed by atoms with Crippen LogP contribution in [0.25, 0.3) is 0 Å². The second-order valence-corrected chi connectivity index (χ2v) is 19.5. The molecule has 2 nitrogen and oxygen atoms in total. The SMILES string of the molecule is [CH3][Sn]([CH3])([CH3])[CH]1COOC1. The third-order valence-electron chi connectivity index (χ3n) is 1.85. The van der Waals surface area contributed by atoms with Crippen molar-refractivity contribution in [2.45, 2.75) is 18.8 Å². The summed E-state index contributed by atoms with van der Waals surface area (Å²) in [5.74, 6) is 0. The van der Waals surface area contributed by atoms with Crippen molar-refractivity contribution in [3.05, 3.63) is 0 Å². The van der Waals surface area contributed by atoms with Crippen LogP contribution in [0, 0.1) is 0 Å². The van der Waals surface area contributed by atoms with Gasteiger partial charge in [-0.25, -0.2) is 0 Å². The van der Waals surface area contributed by atoms with Gasteiger partial charge in [0.25, 0.3) is 0 Å². The van der Waals surface area contributed by atoms with Crippen molar-refractivity contribution in [1.29, 1.82) is 0 Å². The normalized spacial score (nSPS) is 23.0. The van der Waals surface area contributed by atoms with E-state index in [1.54, 1.807) is 0 Å². The van der Waals surface area contributed by atoms with Crippen LogP contribution in [-0.2, 0) is 9.78 Å². The minimum absolute atomic E-state index is 0.777. The summed E-state index contributed by atoms with van der Waals surface area (Å²) in [5, 5.41) is 0. The zero-order chi connectivity index (χ0) is 6.91. The maximum absolute atomic E-state index is 4.84. The second-order valence-electron chi connectivity index (χ2n) is 3.63. The number of rotatable bonds is 1. The Labute approximate surface area is 60.3 Å². The zero-order valence-electron chi connectivity index (χ0n) is 6.31. The third kappa shape index (κ3) is 2.09. The van der Waals surface area contributed by atoms with E-state index in [9.17, 15) is 0 Å². The molecule has 1 fully saturated rings. The van der Waals surface area contributed by atoms with Crippen LogP contribution >= 0.6 is 0 Å². The fourth-order valence-corrected chi connectivity index (χ4v) is 4.05. The van der Waals surface area contributed by atoms with E-state index in [0.29, 0.717) is 0 Å². The van der Waals surface area contributed by atoms with Crippen molar-refractivity contribution in [2.75, 3.05) is 13.2 Å². The van der Waals surface area contributed by atoms with E-state index in [4.69, 9.17) is 9.78 Å². The molecule has 0 unspecified atom stereocenters. The Morgan fingerprint density at radius 3 is 1.78 bits per heavy atom. The molecule has 3 heteroatoms. The molecule has 1 saturated heterocycles. The van der Waals surface area contributed by atoms with Gasteiger partial charge >= 0.3 is 60.1 Å². The average Bonchev–Trinajstić information content (AvgIpc) is 2.08. The van der Waals surface area contributed by atoms with Gasteiger partial charge in [0.2, 0.25) is 0 Å². The standard InChI is InChI=1S/C3H5O2.3CH3.Sn/c1-2-4-5-3-1;;;;/h1H,2-3H2;3*1H3;. The van der Waals surface area contributed by atoms with Crippen molar-refractivity contribution in [2.24, 2.45) is 0 Å². The summed E-state index contributed by atoms with van der Waals surface area (Å²) in [7, 11) is 0. The van der Waals surface area contributed by atoms with E-state index in [2.05, 4.69) is 14.8 Å². The Kier molecular flexibility index (Phi) is 2.40. The summed E-state index contributed by atoms with van der Waals surface area (Å²) < 4.78 is 0.777. The zero-order valence-corrected chi connectivity index (χ0v) is 9.16. The first-order chi connectivity index (χ1) is 4.11. The molecule has 0 aliphatic carbocycles. The number of hydrogen-bond donors (Lipinski definition) is 0. The van der Waals surface area contributed by atoms with Gasteiger partial charge in [0.15, 0.2) is 0 Å². The van der Waals surface area contributed by atoms with E-state index in [0.717, 1.165) is 17.1 Å². The van der Waals surface area contributed by atoms with Gasteiger partial charge in [0, 0.05) is 0 Å². The molecular formula is C6H14O2Sn. The molecule has 0 bridgehead atoms. The molecule has 1 aliphatic rings. The van der Waals surface area contributed by atoms with Crippen molar-refractivity contribution in [3.8, 4) is 0 Å². The van der Waals surface area contributed by atoms with Gasteiger partial charge in [0.05, 0.1) is 0 Å². The monoisotopic (exact) mass is 238 g/mol. The van der Waals surface area contributed by atoms with E-state index < -0.39 is 18.4 Å². The van der Waals surface area contributed by atoms with Gasteiger partial charge in [-0.3, -0.25) is 0 Å². The van der Waals surface area contributed by atoms with Crippen molar-refractivity contribution < 1.29 is 9.78 Å². The first-order valence-electron chi connectivity index (χ1n) is 3.35. The predicted molar refractivity (Wildman–Crippen MR) is 39.0 cm³/mol. The first kappa shape index (κ1) is 7.82. The Morgan fingerprint density at radius 2 is 1.56 bits per heavy atom. The number of hydrogen-bond acceptors (Lipinski definition) is 2. The maximum atomic E-state index is 4.84. The van der Waals surface area contributed by atoms with Crippen LogP contribution in [0.3, 0.4) is 0 Å². The van der Waals surface area contributed by atoms with Crippen molar-refractivity contribution in [3.63, 3.8) is 0 Å². The topological polar surface area (TPSA) is 18.5 Å². The molecule has 0 saturated carbocycles. The van der Waals surface area contributed by atoms with E-state index in [1.807, 2.05) is 0 Å². The van der Waals surface area contributed by atoms with Crippen LogP contribution in [0.2, 0.25) is 18.8 Å². The quantitative estimate of drug-likeness (QED) is 0.509. The van der Waals surface area contributed by atoms with Crippen LogP contribution in [-0.4, -0.2) is 31.6 Å². The Morgan fingerprint density at radius 1 is 1.11 bits per heavy atom. The van der Waals surface area contributed by atoms with Gasteiger partial charge in [-0.1, -0.05) is 0 Å². The van der Waals surface area contributed by atoms with Crippen LogP contribution in [0.4, 0.5) is 0 Å². The van der Waals surface area contributed by atoms with Gasteiger partial charge in [-0.05, 0) is 0 Å². The molecule has 0 atom stereocenters. The van der Waals surface area contributed by atoms with E-state index in [-0.39, 0.29) is 0 Å². The summed E-state index contributed by atoms with van der Waals surface area (Å²) in [5.41, 5.74) is 0. The molecule has 1 aliphatic heterocycles. The van der Waals surface area contributed by atoms with Crippen LogP contribution < -0.4 is 0 Å². The summed E-state index contributed by atoms with van der Waals surface area (Å²) in [4.78, 5) is 16.9. The molecule has 0 amide bonds. The predicted octanol–water partition coefficient (Wildman–Crippen LogP) is 1.66. The fourth-order valence-electron chi connectivity index (χ4n) is 0.809. The summed E-state index contributed by atoms with van der Waals surface area (Å²) >= 11 is -1.64. The molecule has 0 radical (unpaired) electrons. The molecule has 1 rings (SSSR count). The molecule has 0 N–H and O–H groups in total. The van der Waals surface area contributed by atoms with Crippen molar-refractivity contribution in [1.82, 2.24) is 0 Å². The first-order valence-corrected chi connectivity index (χ1v) is 13.6. The minimum atomic E-state index is -1.64. The van der Waals surface area contributed by atoms with Crippen LogP contribution in [0.1, 0.15) is 0 Å². The Balaban J connectivity index is 2.42. The molecule has 0 spiro atoms. The van der Waals surface area contributed by atoms with Gasteiger partial charge < -0.3 is 0 Å². The van der Waals surface area contributed by atoms with Gasteiger partial charge in [-0.2, -0.15) is 0 Å². The third-order valence-corrected chi connectivity index (χ3v) is 9.79. The van der Waals surface area contributed by atoms with Crippen LogP contribution in [0.5, 0.6) is 0 Å². The molecule has 0 aromatic rings. The fraction of sp³-hybridized carbons (Fsp3) is 1.00. The molecule has 9 heavy (non-hydrogen) atoms. The Bertz CT molecular complexity index is 91.7. The Hall–Kier alpha value is 0.719. The summed E-state index contributed by atoms with van der Waals surface area (Å²) in [6.07, 6.45) is 0. The average molecular weight is 237 g/mol. The summed E-state index contributed by atoms with van der Waals surface area (Å²) in [6, 6.07) is 0. The van der Waals surface area contributed by atoms with E-state index >= 15 is 0 Å². The van der Waals surface area contributed by atoms with Gasteiger partial charge in [0.1, 0.15) is 0 Å². The molecule has 0 aromatic carbocycles. The molecule has 54 valence electrons. The summed E-state index contributed by atoms with van der Waals surface area (Å²) in [6.45, 7) is 1.69. The van der Waals surface area contributed by atoms with Gasteiger partial charge in [-0.15, -0.1) is 0 Å². The molecule has 0 aromatic heterocycles. The molecular weight excluding hydrogens is 223 g/mol. The second kappa shape index (κ2) is 2.76. The molecule has 1 heterocycles. The van der Waals surface area contributed by atoms with Crippen LogP contribution in [0.15, 0.2) is 0 Å². The van der Waals surface area contributed by atoms with E-state index in [1.165, 1.54) is 0 Å².